The van der Waals surface area contributed by atoms with E-state index in [-0.39, 0.29) is 25.9 Å². The Bertz CT molecular complexity index is 135. The third-order valence-corrected chi connectivity index (χ3v) is 2.53. The average Bonchev–Trinajstić information content (AvgIpc) is 1.82. The predicted molar refractivity (Wildman–Crippen MR) is 56.1 cm³/mol. The number of hydrogen-bond acceptors (Lipinski definition) is 2. The molecule has 0 saturated heterocycles. The van der Waals surface area contributed by atoms with Crippen LogP contribution < -0.4 is 0 Å². The van der Waals surface area contributed by atoms with Crippen molar-refractivity contribution in [3.8, 4) is 0 Å². The van der Waals surface area contributed by atoms with Crippen LogP contribution in [0.4, 0.5) is 0 Å². The molecule has 0 spiro atoms. The fraction of sp³-hybridized carbons (Fsp3) is 1.00. The minimum Gasteiger partial charge on any atom is -1.00 e. The first kappa shape index (κ1) is 15.3. The van der Waals surface area contributed by atoms with Gasteiger partial charge >= 0.3 is 31.1 Å². The molecule has 1 unspecified atom stereocenters. The quantitative estimate of drug-likeness (QED) is 0.507. The summed E-state index contributed by atoms with van der Waals surface area (Å²) in [6, 6.07) is 0. The molecule has 0 fully saturated rings. The van der Waals surface area contributed by atoms with Crippen molar-refractivity contribution in [3.63, 3.8) is 0 Å². The largest absolute Gasteiger partial charge is 2.00 e. The summed E-state index contributed by atoms with van der Waals surface area (Å²) < 4.78 is 16.2. The maximum Gasteiger partial charge on any atom is 2.00 e. The van der Waals surface area contributed by atoms with Crippen LogP contribution in [0.3, 0.4) is 0 Å². The van der Waals surface area contributed by atoms with Gasteiger partial charge in [0.1, 0.15) is 6.61 Å². The molecule has 0 aliphatic heterocycles. The Morgan fingerprint density at radius 2 is 1.75 bits per heavy atom. The number of rotatable bonds is 5. The van der Waals surface area contributed by atoms with Gasteiger partial charge in [-0.25, -0.2) is 0 Å². The van der Waals surface area contributed by atoms with E-state index in [2.05, 4.69) is 13.8 Å². The Kier molecular flexibility index (Phi) is 10.7. The van der Waals surface area contributed by atoms with Gasteiger partial charge in [0, 0.05) is 5.92 Å². The van der Waals surface area contributed by atoms with Gasteiger partial charge in [0.2, 0.25) is 0 Å². The summed E-state index contributed by atoms with van der Waals surface area (Å²) in [4.78, 5) is 0. The standard InChI is InChI=1S/C8H18O2P.Mg.2H/c1-7(2)5-10-11(9)6-8(3)4;;;/h7-8H,5-6H2,1-4H3;;;/q+1;+2;2*-1. The fourth-order valence-electron chi connectivity index (χ4n) is 0.583. The van der Waals surface area contributed by atoms with E-state index in [1.165, 1.54) is 0 Å². The fourth-order valence-corrected chi connectivity index (χ4v) is 1.75. The Labute approximate surface area is 95.4 Å². The first-order valence-electron chi connectivity index (χ1n) is 4.10. The molecule has 4 heteroatoms. The van der Waals surface area contributed by atoms with Crippen molar-refractivity contribution in [2.75, 3.05) is 12.8 Å². The van der Waals surface area contributed by atoms with E-state index in [0.29, 0.717) is 24.6 Å². The van der Waals surface area contributed by atoms with Gasteiger partial charge in [-0.2, -0.15) is 0 Å². The van der Waals surface area contributed by atoms with Crippen LogP contribution in [-0.4, -0.2) is 35.8 Å². The summed E-state index contributed by atoms with van der Waals surface area (Å²) in [6.45, 7) is 8.82. The van der Waals surface area contributed by atoms with E-state index in [9.17, 15) is 4.57 Å². The van der Waals surface area contributed by atoms with Crippen molar-refractivity contribution < 1.29 is 11.9 Å². The van der Waals surface area contributed by atoms with Crippen molar-refractivity contribution in [3.05, 3.63) is 0 Å². The second-order valence-electron chi connectivity index (χ2n) is 3.60. The second kappa shape index (κ2) is 8.43. The van der Waals surface area contributed by atoms with Crippen LogP contribution in [-0.2, 0) is 9.09 Å². The van der Waals surface area contributed by atoms with Gasteiger partial charge in [0.15, 0.2) is 6.16 Å². The Hall–Kier alpha value is 0.826. The summed E-state index contributed by atoms with van der Waals surface area (Å²) in [6.07, 6.45) is 0.683. The van der Waals surface area contributed by atoms with Gasteiger partial charge in [0.25, 0.3) is 0 Å². The summed E-state index contributed by atoms with van der Waals surface area (Å²) in [5.74, 6) is 0.937. The summed E-state index contributed by atoms with van der Waals surface area (Å²) in [5.41, 5.74) is 0. The average molecular weight is 204 g/mol. The second-order valence-corrected chi connectivity index (χ2v) is 4.89. The summed E-state index contributed by atoms with van der Waals surface area (Å²) in [5, 5.41) is 0. The number of hydrogen-bond donors (Lipinski definition) is 0. The molecule has 0 aliphatic rings. The molecule has 0 aromatic carbocycles. The maximum absolute atomic E-state index is 11.1. The molecule has 0 saturated carbocycles. The smallest absolute Gasteiger partial charge is 1.00 e. The van der Waals surface area contributed by atoms with E-state index in [4.69, 9.17) is 4.52 Å². The van der Waals surface area contributed by atoms with Crippen molar-refractivity contribution in [2.24, 2.45) is 11.8 Å². The predicted octanol–water partition coefficient (Wildman–Crippen LogP) is 2.90. The van der Waals surface area contributed by atoms with Gasteiger partial charge in [-0.05, 0) is 10.5 Å². The van der Waals surface area contributed by atoms with Crippen LogP contribution in [0.1, 0.15) is 30.5 Å². The topological polar surface area (TPSA) is 26.3 Å². The molecule has 12 heavy (non-hydrogen) atoms. The van der Waals surface area contributed by atoms with Crippen molar-refractivity contribution in [2.45, 2.75) is 27.7 Å². The van der Waals surface area contributed by atoms with Crippen molar-refractivity contribution in [1.29, 1.82) is 0 Å². The zero-order valence-electron chi connectivity index (χ0n) is 10.5. The summed E-state index contributed by atoms with van der Waals surface area (Å²) in [7, 11) is -1.40. The van der Waals surface area contributed by atoms with Crippen LogP contribution in [0.15, 0.2) is 0 Å². The third kappa shape index (κ3) is 10.8. The van der Waals surface area contributed by atoms with Gasteiger partial charge < -0.3 is 2.85 Å². The molecular weight excluding hydrogens is 183 g/mol. The molecule has 1 atom stereocenters. The molecular formula is C8H20MgO2P+. The third-order valence-electron chi connectivity index (χ3n) is 1.07. The van der Waals surface area contributed by atoms with E-state index >= 15 is 0 Å². The zero-order chi connectivity index (χ0) is 8.85. The molecule has 0 radical (unpaired) electrons. The van der Waals surface area contributed by atoms with E-state index in [0.717, 1.165) is 0 Å². The minimum atomic E-state index is -1.40. The van der Waals surface area contributed by atoms with E-state index < -0.39 is 8.03 Å². The molecule has 0 amide bonds. The molecule has 70 valence electrons. The normalized spacial score (nSPS) is 11.7. The molecule has 0 aromatic rings. The van der Waals surface area contributed by atoms with Gasteiger partial charge in [-0.1, -0.05) is 27.7 Å². The minimum absolute atomic E-state index is 0. The van der Waals surface area contributed by atoms with Crippen LogP contribution in [0, 0.1) is 11.8 Å². The first-order valence-corrected chi connectivity index (χ1v) is 5.46. The molecule has 0 N–H and O–H groups in total. The van der Waals surface area contributed by atoms with Gasteiger partial charge in [-0.3, -0.25) is 0 Å². The Balaban J connectivity index is -0.000000167. The first-order chi connectivity index (χ1) is 5.02. The zero-order valence-corrected chi connectivity index (χ0v) is 10.8. The monoisotopic (exact) mass is 203 g/mol. The van der Waals surface area contributed by atoms with Crippen LogP contribution in [0.2, 0.25) is 0 Å². The molecule has 2 nitrogen and oxygen atoms in total. The van der Waals surface area contributed by atoms with E-state index in [1.54, 1.807) is 0 Å². The summed E-state index contributed by atoms with van der Waals surface area (Å²) >= 11 is 0. The molecule has 0 rings (SSSR count). The molecule has 0 bridgehead atoms. The van der Waals surface area contributed by atoms with Gasteiger partial charge in [-0.15, -0.1) is 4.52 Å². The van der Waals surface area contributed by atoms with Crippen LogP contribution >= 0.6 is 8.03 Å². The Morgan fingerprint density at radius 1 is 1.25 bits per heavy atom. The van der Waals surface area contributed by atoms with Crippen LogP contribution in [0.5, 0.6) is 0 Å². The maximum atomic E-state index is 11.1. The Morgan fingerprint density at radius 3 is 2.08 bits per heavy atom. The van der Waals surface area contributed by atoms with Crippen molar-refractivity contribution in [1.82, 2.24) is 0 Å². The van der Waals surface area contributed by atoms with Gasteiger partial charge in [0.05, 0.1) is 0 Å². The molecule has 0 heterocycles. The SMILES string of the molecule is CC(C)CO[P+](=O)CC(C)C.[H-].[H-].[Mg+2]. The molecule has 0 aliphatic carbocycles. The van der Waals surface area contributed by atoms with E-state index in [1.807, 2.05) is 13.8 Å². The van der Waals surface area contributed by atoms with Crippen molar-refractivity contribution >= 4 is 31.1 Å². The molecule has 0 aromatic heterocycles. The van der Waals surface area contributed by atoms with Crippen LogP contribution in [0.25, 0.3) is 0 Å².